The third-order valence-electron chi connectivity index (χ3n) is 4.90. The minimum absolute atomic E-state index is 0.0389. The summed E-state index contributed by atoms with van der Waals surface area (Å²) in [5.41, 5.74) is -0.821. The lowest BCUT2D eigenvalue weighted by molar-refractivity contribution is 0.0592. The monoisotopic (exact) mass is 508 g/mol. The van der Waals surface area contributed by atoms with Crippen molar-refractivity contribution in [2.75, 3.05) is 13.3 Å². The number of amides is 1. The molecule has 1 heterocycles. The van der Waals surface area contributed by atoms with Gasteiger partial charge >= 0.3 is 6.09 Å². The Morgan fingerprint density at radius 3 is 2.37 bits per heavy atom. The fourth-order valence-electron chi connectivity index (χ4n) is 3.26. The van der Waals surface area contributed by atoms with E-state index in [0.29, 0.717) is 5.56 Å². The van der Waals surface area contributed by atoms with Crippen LogP contribution < -0.4 is 10.3 Å². The largest absolute Gasteiger partial charge is 0.471 e. The molecule has 0 fully saturated rings. The second kappa shape index (κ2) is 11.3. The number of rotatable bonds is 8. The van der Waals surface area contributed by atoms with E-state index < -0.39 is 39.8 Å². The van der Waals surface area contributed by atoms with Crippen molar-refractivity contribution in [2.45, 2.75) is 27.3 Å². The van der Waals surface area contributed by atoms with Crippen molar-refractivity contribution in [3.05, 3.63) is 92.6 Å². The Morgan fingerprint density at radius 2 is 1.74 bits per heavy atom. The van der Waals surface area contributed by atoms with Gasteiger partial charge in [-0.3, -0.25) is 14.3 Å². The van der Waals surface area contributed by atoms with Crippen LogP contribution >= 0.6 is 11.6 Å². The Bertz CT molecular complexity index is 1260. The maximum absolute atomic E-state index is 14.3. The second-order valence-electron chi connectivity index (χ2n) is 8.25. The molecule has 0 aliphatic carbocycles. The van der Waals surface area contributed by atoms with Crippen LogP contribution in [0.25, 0.3) is 5.69 Å². The first-order valence-corrected chi connectivity index (χ1v) is 11.1. The summed E-state index contributed by atoms with van der Waals surface area (Å²) < 4.78 is 53.9. The number of aryl methyl sites for hydroxylation is 1. The molecule has 0 spiro atoms. The molecule has 1 amide bonds. The van der Waals surface area contributed by atoms with E-state index in [1.807, 2.05) is 13.8 Å². The zero-order valence-electron chi connectivity index (χ0n) is 19.4. The van der Waals surface area contributed by atoms with Crippen LogP contribution in [0.4, 0.5) is 18.0 Å². The Kier molecular flexibility index (Phi) is 8.45. The molecule has 0 saturated carbocycles. The summed E-state index contributed by atoms with van der Waals surface area (Å²) in [4.78, 5) is 26.7. The molecule has 186 valence electrons. The third-order valence-corrected chi connectivity index (χ3v) is 5.25. The van der Waals surface area contributed by atoms with Crippen molar-refractivity contribution in [1.82, 2.24) is 9.47 Å². The molecule has 6 nitrogen and oxygen atoms in total. The standard InChI is InChI=1S/C25H24ClF3N2O4/c1-15(2)13-34-25(33)30(12-17-6-4-7-18(27)11-17)14-35-21-10-16(3)31(24(32)22(21)26)23-19(28)8-5-9-20(23)29/h4-11,15H,12-14H2,1-3H3. The van der Waals surface area contributed by atoms with Crippen molar-refractivity contribution < 1.29 is 27.4 Å². The SMILES string of the molecule is Cc1cc(OCN(Cc2cccc(F)c2)C(=O)OCC(C)C)c(Cl)c(=O)n1-c1c(F)cccc1F. The number of pyridine rings is 1. The lowest BCUT2D eigenvalue weighted by atomic mass is 10.2. The van der Waals surface area contributed by atoms with Gasteiger partial charge in [-0.25, -0.2) is 18.0 Å². The van der Waals surface area contributed by atoms with Crippen LogP contribution in [0.5, 0.6) is 5.75 Å². The maximum Gasteiger partial charge on any atom is 0.412 e. The lowest BCUT2D eigenvalue weighted by Gasteiger charge is -2.24. The van der Waals surface area contributed by atoms with Gasteiger partial charge in [0, 0.05) is 11.8 Å². The van der Waals surface area contributed by atoms with E-state index in [1.54, 1.807) is 6.07 Å². The number of para-hydroxylation sites is 1. The second-order valence-corrected chi connectivity index (χ2v) is 8.62. The predicted octanol–water partition coefficient (Wildman–Crippen LogP) is 5.85. The smallest absolute Gasteiger partial charge is 0.412 e. The molecule has 3 aromatic rings. The molecule has 1 aromatic heterocycles. The molecule has 0 saturated heterocycles. The zero-order chi connectivity index (χ0) is 25.7. The van der Waals surface area contributed by atoms with Crippen LogP contribution in [-0.4, -0.2) is 28.9 Å². The van der Waals surface area contributed by atoms with Crippen LogP contribution in [0.15, 0.2) is 53.3 Å². The van der Waals surface area contributed by atoms with Gasteiger partial charge in [0.05, 0.1) is 13.2 Å². The van der Waals surface area contributed by atoms with Gasteiger partial charge in [-0.1, -0.05) is 43.6 Å². The number of hydrogen-bond acceptors (Lipinski definition) is 4. The molecule has 10 heteroatoms. The third kappa shape index (κ3) is 6.36. The van der Waals surface area contributed by atoms with E-state index in [2.05, 4.69) is 0 Å². The molecule has 0 aliphatic rings. The van der Waals surface area contributed by atoms with Crippen molar-refractivity contribution in [3.8, 4) is 11.4 Å². The number of carbonyl (C=O) groups is 1. The van der Waals surface area contributed by atoms with Crippen LogP contribution in [-0.2, 0) is 11.3 Å². The highest BCUT2D eigenvalue weighted by Gasteiger charge is 2.22. The Morgan fingerprint density at radius 1 is 1.09 bits per heavy atom. The van der Waals surface area contributed by atoms with E-state index in [0.717, 1.165) is 16.7 Å². The van der Waals surface area contributed by atoms with Gasteiger partial charge in [0.25, 0.3) is 5.56 Å². The van der Waals surface area contributed by atoms with E-state index in [4.69, 9.17) is 21.1 Å². The Hall–Kier alpha value is -3.46. The summed E-state index contributed by atoms with van der Waals surface area (Å²) in [6.45, 7) is 4.93. The average molecular weight is 509 g/mol. The minimum atomic E-state index is -0.936. The van der Waals surface area contributed by atoms with Gasteiger partial charge in [-0.15, -0.1) is 0 Å². The molecule has 0 radical (unpaired) electrons. The Balaban J connectivity index is 1.88. The van der Waals surface area contributed by atoms with Crippen LogP contribution in [0.2, 0.25) is 5.02 Å². The summed E-state index contributed by atoms with van der Waals surface area (Å²) >= 11 is 6.18. The maximum atomic E-state index is 14.3. The van der Waals surface area contributed by atoms with Gasteiger partial charge in [0.15, 0.2) is 6.73 Å². The van der Waals surface area contributed by atoms with Crippen LogP contribution in [0, 0.1) is 30.3 Å². The van der Waals surface area contributed by atoms with Gasteiger partial charge in [-0.2, -0.15) is 0 Å². The number of benzene rings is 2. The van der Waals surface area contributed by atoms with Gasteiger partial charge < -0.3 is 9.47 Å². The van der Waals surface area contributed by atoms with Crippen molar-refractivity contribution in [2.24, 2.45) is 5.92 Å². The van der Waals surface area contributed by atoms with Gasteiger partial charge in [-0.05, 0) is 42.7 Å². The van der Waals surface area contributed by atoms with E-state index in [-0.39, 0.29) is 37.2 Å². The van der Waals surface area contributed by atoms with Crippen molar-refractivity contribution >= 4 is 17.7 Å². The molecule has 0 bridgehead atoms. The normalized spacial score (nSPS) is 11.0. The van der Waals surface area contributed by atoms with Gasteiger partial charge in [0.2, 0.25) is 0 Å². The van der Waals surface area contributed by atoms with Crippen molar-refractivity contribution in [3.63, 3.8) is 0 Å². The molecular weight excluding hydrogens is 485 g/mol. The first kappa shape index (κ1) is 26.2. The Labute approximate surface area is 205 Å². The highest BCUT2D eigenvalue weighted by atomic mass is 35.5. The molecule has 2 aromatic carbocycles. The molecule has 0 atom stereocenters. The van der Waals surface area contributed by atoms with Crippen LogP contribution in [0.3, 0.4) is 0 Å². The number of aromatic nitrogens is 1. The topological polar surface area (TPSA) is 60.8 Å². The summed E-state index contributed by atoms with van der Waals surface area (Å²) in [5.74, 6) is -2.35. The molecular formula is C25H24ClF3N2O4. The number of ether oxygens (including phenoxy) is 2. The first-order valence-electron chi connectivity index (χ1n) is 10.7. The summed E-state index contributed by atoms with van der Waals surface area (Å²) in [7, 11) is 0. The fraction of sp³-hybridized carbons (Fsp3) is 0.280. The van der Waals surface area contributed by atoms with Crippen LogP contribution in [0.1, 0.15) is 25.1 Å². The quantitative estimate of drug-likeness (QED) is 0.358. The zero-order valence-corrected chi connectivity index (χ0v) is 20.1. The molecule has 3 rings (SSSR count). The number of carbonyl (C=O) groups excluding carboxylic acids is 1. The number of hydrogen-bond donors (Lipinski definition) is 0. The predicted molar refractivity (Wildman–Crippen MR) is 125 cm³/mol. The molecule has 0 unspecified atom stereocenters. The molecule has 35 heavy (non-hydrogen) atoms. The average Bonchev–Trinajstić information content (AvgIpc) is 2.79. The number of halogens is 4. The molecule has 0 N–H and O–H groups in total. The van der Waals surface area contributed by atoms with Crippen molar-refractivity contribution in [1.29, 1.82) is 0 Å². The highest BCUT2D eigenvalue weighted by molar-refractivity contribution is 6.31. The van der Waals surface area contributed by atoms with E-state index in [1.165, 1.54) is 42.2 Å². The summed E-state index contributed by atoms with van der Waals surface area (Å²) in [5, 5.41) is -0.431. The van der Waals surface area contributed by atoms with E-state index in [9.17, 15) is 22.8 Å². The summed E-state index contributed by atoms with van der Waals surface area (Å²) in [6.07, 6.45) is -0.711. The summed E-state index contributed by atoms with van der Waals surface area (Å²) in [6, 6.07) is 10.2. The lowest BCUT2D eigenvalue weighted by Crippen LogP contribution is -2.35. The van der Waals surface area contributed by atoms with Gasteiger partial charge in [0.1, 0.15) is 33.9 Å². The number of nitrogens with zero attached hydrogens (tertiary/aromatic N) is 2. The molecule has 0 aliphatic heterocycles. The first-order chi connectivity index (χ1) is 16.6. The highest BCUT2D eigenvalue weighted by Crippen LogP contribution is 2.26. The fourth-order valence-corrected chi connectivity index (χ4v) is 3.46. The minimum Gasteiger partial charge on any atom is -0.471 e. The van der Waals surface area contributed by atoms with E-state index >= 15 is 0 Å².